The lowest BCUT2D eigenvalue weighted by Crippen LogP contribution is -2.39. The highest BCUT2D eigenvalue weighted by molar-refractivity contribution is 8.00. The Labute approximate surface area is 123 Å². The van der Waals surface area contributed by atoms with Gasteiger partial charge in [0.1, 0.15) is 5.75 Å². The predicted molar refractivity (Wildman–Crippen MR) is 79.5 cm³/mol. The number of nitrogens with zero attached hydrogens (tertiary/aromatic N) is 1. The summed E-state index contributed by atoms with van der Waals surface area (Å²) in [7, 11) is 1.56. The fraction of sp³-hybridized carbons (Fsp3) is 0.467. The third kappa shape index (κ3) is 2.68. The summed E-state index contributed by atoms with van der Waals surface area (Å²) in [5, 5.41) is -0.318. The Morgan fingerprint density at radius 1 is 1.40 bits per heavy atom. The summed E-state index contributed by atoms with van der Waals surface area (Å²) in [6.07, 6.45) is 0.243. The van der Waals surface area contributed by atoms with Crippen LogP contribution in [0.15, 0.2) is 23.1 Å². The molecule has 0 radical (unpaired) electrons. The highest BCUT2D eigenvalue weighted by Crippen LogP contribution is 2.40. The van der Waals surface area contributed by atoms with Gasteiger partial charge in [-0.05, 0) is 26.0 Å². The molecule has 0 bridgehead atoms. The summed E-state index contributed by atoms with van der Waals surface area (Å²) in [6, 6.07) is 5.51. The SMILES string of the molecule is CCN(CC)C(=O)C1CC(=O)c2c(OC)cccc2S1. The van der Waals surface area contributed by atoms with Gasteiger partial charge in [0.05, 0.1) is 17.9 Å². The number of amides is 1. The molecule has 1 heterocycles. The van der Waals surface area contributed by atoms with Crippen LogP contribution in [0.2, 0.25) is 0 Å². The number of rotatable bonds is 4. The van der Waals surface area contributed by atoms with Crippen molar-refractivity contribution in [3.63, 3.8) is 0 Å². The minimum Gasteiger partial charge on any atom is -0.496 e. The van der Waals surface area contributed by atoms with Crippen LogP contribution in [0.25, 0.3) is 0 Å². The van der Waals surface area contributed by atoms with Crippen molar-refractivity contribution in [2.24, 2.45) is 0 Å². The van der Waals surface area contributed by atoms with Crippen LogP contribution < -0.4 is 4.74 Å². The molecule has 0 aliphatic carbocycles. The summed E-state index contributed by atoms with van der Waals surface area (Å²) in [5.41, 5.74) is 0.614. The molecule has 1 aliphatic rings. The number of methoxy groups -OCH3 is 1. The quantitative estimate of drug-likeness (QED) is 0.856. The number of hydrogen-bond donors (Lipinski definition) is 0. The summed E-state index contributed by atoms with van der Waals surface area (Å²) < 4.78 is 5.24. The minimum atomic E-state index is -0.318. The van der Waals surface area contributed by atoms with Gasteiger partial charge in [0.15, 0.2) is 5.78 Å². The summed E-state index contributed by atoms with van der Waals surface area (Å²) >= 11 is 1.47. The molecule has 0 aromatic heterocycles. The van der Waals surface area contributed by atoms with Gasteiger partial charge in [0.2, 0.25) is 5.91 Å². The number of carbonyl (C=O) groups is 2. The van der Waals surface area contributed by atoms with Crippen molar-refractivity contribution in [2.75, 3.05) is 20.2 Å². The molecule has 1 aromatic carbocycles. The zero-order valence-electron chi connectivity index (χ0n) is 12.0. The molecule has 1 aliphatic heterocycles. The zero-order chi connectivity index (χ0) is 14.7. The van der Waals surface area contributed by atoms with Crippen LogP contribution in [0.5, 0.6) is 5.75 Å². The van der Waals surface area contributed by atoms with Crippen molar-refractivity contribution in [1.29, 1.82) is 0 Å². The van der Waals surface area contributed by atoms with E-state index in [9.17, 15) is 9.59 Å². The topological polar surface area (TPSA) is 46.6 Å². The van der Waals surface area contributed by atoms with Crippen molar-refractivity contribution < 1.29 is 14.3 Å². The van der Waals surface area contributed by atoms with E-state index in [0.717, 1.165) is 4.90 Å². The summed E-state index contributed by atoms with van der Waals surface area (Å²) in [4.78, 5) is 27.3. The molecule has 4 nitrogen and oxygen atoms in total. The van der Waals surface area contributed by atoms with E-state index in [4.69, 9.17) is 4.74 Å². The summed E-state index contributed by atoms with van der Waals surface area (Å²) in [5.74, 6) is 0.622. The second kappa shape index (κ2) is 6.31. The Balaban J connectivity index is 2.28. The Hall–Kier alpha value is -1.49. The van der Waals surface area contributed by atoms with Crippen molar-refractivity contribution in [2.45, 2.75) is 30.4 Å². The first-order chi connectivity index (χ1) is 9.62. The average Bonchev–Trinajstić information content (AvgIpc) is 2.47. The largest absolute Gasteiger partial charge is 0.496 e. The number of ether oxygens (including phenoxy) is 1. The molecule has 1 unspecified atom stereocenters. The zero-order valence-corrected chi connectivity index (χ0v) is 12.8. The Morgan fingerprint density at radius 3 is 2.70 bits per heavy atom. The van der Waals surface area contributed by atoms with Gasteiger partial charge < -0.3 is 9.64 Å². The van der Waals surface area contributed by atoms with Crippen molar-refractivity contribution in [1.82, 2.24) is 4.90 Å². The monoisotopic (exact) mass is 293 g/mol. The first-order valence-corrected chi connectivity index (χ1v) is 7.65. The van der Waals surface area contributed by atoms with Crippen LogP contribution in [0.4, 0.5) is 0 Å². The smallest absolute Gasteiger partial charge is 0.236 e. The molecule has 108 valence electrons. The minimum absolute atomic E-state index is 0.0123. The molecule has 1 aromatic rings. The third-order valence-electron chi connectivity index (χ3n) is 3.48. The maximum absolute atomic E-state index is 12.4. The van der Waals surface area contributed by atoms with Crippen LogP contribution >= 0.6 is 11.8 Å². The van der Waals surface area contributed by atoms with E-state index in [-0.39, 0.29) is 23.4 Å². The number of thioether (sulfide) groups is 1. The van der Waals surface area contributed by atoms with Gasteiger partial charge in [-0.2, -0.15) is 0 Å². The maximum Gasteiger partial charge on any atom is 0.236 e. The maximum atomic E-state index is 12.4. The molecule has 0 saturated heterocycles. The molecule has 1 atom stereocenters. The van der Waals surface area contributed by atoms with E-state index >= 15 is 0 Å². The number of Topliss-reactive ketones (excluding diaryl/α,β-unsaturated/α-hetero) is 1. The molecular formula is C15H19NO3S. The van der Waals surface area contributed by atoms with Gasteiger partial charge in [-0.15, -0.1) is 11.8 Å². The highest BCUT2D eigenvalue weighted by Gasteiger charge is 2.34. The summed E-state index contributed by atoms with van der Waals surface area (Å²) in [6.45, 7) is 5.25. The second-order valence-electron chi connectivity index (χ2n) is 4.58. The van der Waals surface area contributed by atoms with E-state index in [1.54, 1.807) is 18.1 Å². The van der Waals surface area contributed by atoms with Crippen LogP contribution in [-0.2, 0) is 4.79 Å². The van der Waals surface area contributed by atoms with Gasteiger partial charge in [0.25, 0.3) is 0 Å². The molecule has 0 fully saturated rings. The molecule has 1 amide bonds. The van der Waals surface area contributed by atoms with E-state index in [0.29, 0.717) is 24.4 Å². The third-order valence-corrected chi connectivity index (χ3v) is 4.72. The molecular weight excluding hydrogens is 274 g/mol. The van der Waals surface area contributed by atoms with E-state index in [1.165, 1.54) is 11.8 Å². The van der Waals surface area contributed by atoms with Crippen LogP contribution in [0, 0.1) is 0 Å². The van der Waals surface area contributed by atoms with Gasteiger partial charge in [0, 0.05) is 24.4 Å². The van der Waals surface area contributed by atoms with Gasteiger partial charge in [-0.3, -0.25) is 9.59 Å². The van der Waals surface area contributed by atoms with Crippen LogP contribution in [0.1, 0.15) is 30.6 Å². The second-order valence-corrected chi connectivity index (χ2v) is 5.82. The van der Waals surface area contributed by atoms with Crippen molar-refractivity contribution >= 4 is 23.5 Å². The fourth-order valence-electron chi connectivity index (χ4n) is 2.40. The molecule has 0 saturated carbocycles. The lowest BCUT2D eigenvalue weighted by Gasteiger charge is -2.28. The molecule has 20 heavy (non-hydrogen) atoms. The lowest BCUT2D eigenvalue weighted by atomic mass is 10.0. The molecule has 0 spiro atoms. The van der Waals surface area contributed by atoms with E-state index in [1.807, 2.05) is 26.0 Å². The van der Waals surface area contributed by atoms with Crippen LogP contribution in [-0.4, -0.2) is 42.0 Å². The highest BCUT2D eigenvalue weighted by atomic mass is 32.2. The average molecular weight is 293 g/mol. The van der Waals surface area contributed by atoms with Gasteiger partial charge in [-0.1, -0.05) is 6.07 Å². The van der Waals surface area contributed by atoms with Crippen molar-refractivity contribution in [3.05, 3.63) is 23.8 Å². The predicted octanol–water partition coefficient (Wildman–Crippen LogP) is 2.61. The van der Waals surface area contributed by atoms with Crippen LogP contribution in [0.3, 0.4) is 0 Å². The standard InChI is InChI=1S/C15H19NO3S/c1-4-16(5-2)15(18)13-9-10(17)14-11(19-3)7-6-8-12(14)20-13/h6-8,13H,4-5,9H2,1-3H3. The van der Waals surface area contributed by atoms with Crippen molar-refractivity contribution in [3.8, 4) is 5.75 Å². The number of hydrogen-bond acceptors (Lipinski definition) is 4. The number of carbonyl (C=O) groups excluding carboxylic acids is 2. The normalized spacial score (nSPS) is 17.6. The molecule has 5 heteroatoms. The van der Waals surface area contributed by atoms with Gasteiger partial charge in [-0.25, -0.2) is 0 Å². The van der Waals surface area contributed by atoms with Gasteiger partial charge >= 0.3 is 0 Å². The Bertz CT molecular complexity index is 526. The first-order valence-electron chi connectivity index (χ1n) is 6.78. The molecule has 2 rings (SSSR count). The number of benzene rings is 1. The lowest BCUT2D eigenvalue weighted by molar-refractivity contribution is -0.130. The number of ketones is 1. The first kappa shape index (κ1) is 14.9. The fourth-order valence-corrected chi connectivity index (χ4v) is 3.68. The van der Waals surface area contributed by atoms with E-state index < -0.39 is 0 Å². The molecule has 0 N–H and O–H groups in total. The van der Waals surface area contributed by atoms with E-state index in [2.05, 4.69) is 0 Å². The Morgan fingerprint density at radius 2 is 2.10 bits per heavy atom. The number of fused-ring (bicyclic) bond motifs is 1. The Kier molecular flexibility index (Phi) is 4.70.